The largest absolute Gasteiger partial charge is 0.481 e. The Morgan fingerprint density at radius 3 is 1.75 bits per heavy atom. The Morgan fingerprint density at radius 2 is 1.56 bits per heavy atom. The van der Waals surface area contributed by atoms with Crippen LogP contribution in [0.25, 0.3) is 0 Å². The Morgan fingerprint density at radius 1 is 1.12 bits per heavy atom. The number of aliphatic carboxylic acids is 2. The maximum Gasteiger partial charge on any atom is 0.320 e. The summed E-state index contributed by atoms with van der Waals surface area (Å²) >= 11 is 0. The summed E-state index contributed by atoms with van der Waals surface area (Å²) in [6.45, 7) is -0.729. The van der Waals surface area contributed by atoms with Crippen LogP contribution in [0.3, 0.4) is 0 Å². The van der Waals surface area contributed by atoms with Crippen LogP contribution in [-0.4, -0.2) is 62.8 Å². The minimum Gasteiger partial charge on any atom is -0.481 e. The number of rotatable bonds is 6. The first-order chi connectivity index (χ1) is 7.34. The number of carbonyl (C=O) groups is 2. The van der Waals surface area contributed by atoms with Crippen LogP contribution in [0.2, 0.25) is 0 Å². The highest BCUT2D eigenvalue weighted by Crippen LogP contribution is 1.93. The number of carboxylic acids is 2. The molecule has 0 rings (SSSR count). The molecule has 8 nitrogen and oxygen atoms in total. The standard InChI is InChI=1S/C5H9NO4.C3H8O3/c6-3(5(9)10)1-2-4(7)8;4-1-3(6)2-5/h3H,1-2,6H2,(H,7,8)(H,9,10);3-6H,1-2H2. The lowest BCUT2D eigenvalue weighted by Crippen LogP contribution is -2.30. The molecule has 0 spiro atoms. The minimum atomic E-state index is -1.17. The highest BCUT2D eigenvalue weighted by atomic mass is 16.4. The summed E-state index contributed by atoms with van der Waals surface area (Å²) in [6, 6.07) is -1.06. The van der Waals surface area contributed by atoms with Crippen molar-refractivity contribution in [1.29, 1.82) is 0 Å². The SMILES string of the molecule is NC(CCC(=O)O)C(=O)O.OCC(O)CO. The molecule has 0 radical (unpaired) electrons. The average Bonchev–Trinajstić information content (AvgIpc) is 2.25. The van der Waals surface area contributed by atoms with E-state index in [-0.39, 0.29) is 26.1 Å². The van der Waals surface area contributed by atoms with Crippen molar-refractivity contribution >= 4 is 11.9 Å². The normalized spacial score (nSPS) is 11.6. The monoisotopic (exact) mass is 239 g/mol. The van der Waals surface area contributed by atoms with E-state index in [4.69, 9.17) is 31.3 Å². The fraction of sp³-hybridized carbons (Fsp3) is 0.750. The molecule has 0 aromatic carbocycles. The van der Waals surface area contributed by atoms with Gasteiger partial charge in [0.1, 0.15) is 12.1 Å². The zero-order valence-electron chi connectivity index (χ0n) is 8.61. The molecule has 0 amide bonds. The zero-order valence-corrected chi connectivity index (χ0v) is 8.61. The third-order valence-corrected chi connectivity index (χ3v) is 1.41. The van der Waals surface area contributed by atoms with Crippen LogP contribution >= 0.6 is 0 Å². The van der Waals surface area contributed by atoms with Crippen molar-refractivity contribution in [2.24, 2.45) is 5.73 Å². The Hall–Kier alpha value is -1.22. The lowest BCUT2D eigenvalue weighted by molar-refractivity contribution is -0.139. The molecule has 0 aliphatic heterocycles. The molecule has 0 fully saturated rings. The van der Waals surface area contributed by atoms with Crippen molar-refractivity contribution in [3.63, 3.8) is 0 Å². The van der Waals surface area contributed by atoms with Gasteiger partial charge in [0.15, 0.2) is 0 Å². The molecule has 1 unspecified atom stereocenters. The third kappa shape index (κ3) is 12.8. The number of carboxylic acid groups (broad SMARTS) is 2. The van der Waals surface area contributed by atoms with Crippen molar-refractivity contribution in [3.05, 3.63) is 0 Å². The van der Waals surface area contributed by atoms with Crippen LogP contribution in [0.5, 0.6) is 0 Å². The van der Waals surface area contributed by atoms with Gasteiger partial charge in [0.05, 0.1) is 13.2 Å². The molecule has 0 bridgehead atoms. The van der Waals surface area contributed by atoms with Gasteiger partial charge in [-0.15, -0.1) is 0 Å². The summed E-state index contributed by atoms with van der Waals surface area (Å²) in [5.41, 5.74) is 5.00. The fourth-order valence-corrected chi connectivity index (χ4v) is 0.460. The van der Waals surface area contributed by atoms with E-state index in [1.54, 1.807) is 0 Å². The first-order valence-corrected chi connectivity index (χ1v) is 4.45. The van der Waals surface area contributed by atoms with Gasteiger partial charge in [-0.2, -0.15) is 0 Å². The summed E-state index contributed by atoms with van der Waals surface area (Å²) in [7, 11) is 0. The van der Waals surface area contributed by atoms with Gasteiger partial charge in [0.2, 0.25) is 0 Å². The second kappa shape index (κ2) is 10.3. The number of aliphatic hydroxyl groups excluding tert-OH is 3. The van der Waals surface area contributed by atoms with E-state index in [9.17, 15) is 9.59 Å². The van der Waals surface area contributed by atoms with Crippen molar-refractivity contribution < 1.29 is 35.1 Å². The van der Waals surface area contributed by atoms with E-state index in [0.717, 1.165) is 0 Å². The summed E-state index contributed by atoms with van der Waals surface area (Å²) < 4.78 is 0. The Bertz CT molecular complexity index is 205. The van der Waals surface area contributed by atoms with Crippen molar-refractivity contribution in [2.75, 3.05) is 13.2 Å². The molecule has 8 heteroatoms. The van der Waals surface area contributed by atoms with Crippen LogP contribution in [0.4, 0.5) is 0 Å². The number of hydrogen-bond acceptors (Lipinski definition) is 6. The predicted molar refractivity (Wildman–Crippen MR) is 52.7 cm³/mol. The third-order valence-electron chi connectivity index (χ3n) is 1.41. The Labute approximate surface area is 91.9 Å². The van der Waals surface area contributed by atoms with Crippen LogP contribution in [0.15, 0.2) is 0 Å². The molecule has 0 saturated heterocycles. The van der Waals surface area contributed by atoms with Gasteiger partial charge in [-0.05, 0) is 6.42 Å². The Kier molecular flexibility index (Phi) is 11.1. The van der Waals surface area contributed by atoms with Gasteiger partial charge in [0, 0.05) is 6.42 Å². The van der Waals surface area contributed by atoms with Gasteiger partial charge in [-0.1, -0.05) is 0 Å². The smallest absolute Gasteiger partial charge is 0.320 e. The molecule has 1 atom stereocenters. The fourth-order valence-electron chi connectivity index (χ4n) is 0.460. The van der Waals surface area contributed by atoms with Crippen LogP contribution in [-0.2, 0) is 9.59 Å². The molecule has 0 aliphatic rings. The second-order valence-electron chi connectivity index (χ2n) is 2.90. The lowest BCUT2D eigenvalue weighted by atomic mass is 10.2. The van der Waals surface area contributed by atoms with Crippen molar-refractivity contribution in [1.82, 2.24) is 0 Å². The van der Waals surface area contributed by atoms with E-state index in [2.05, 4.69) is 0 Å². The van der Waals surface area contributed by atoms with Crippen molar-refractivity contribution in [3.8, 4) is 0 Å². The van der Waals surface area contributed by atoms with E-state index >= 15 is 0 Å². The first-order valence-electron chi connectivity index (χ1n) is 4.45. The molecule has 0 saturated carbocycles. The van der Waals surface area contributed by atoms with Gasteiger partial charge in [-0.3, -0.25) is 9.59 Å². The van der Waals surface area contributed by atoms with E-state index in [1.807, 2.05) is 0 Å². The number of aliphatic hydroxyl groups is 3. The summed E-state index contributed by atoms with van der Waals surface area (Å²) in [5, 5.41) is 40.3. The van der Waals surface area contributed by atoms with Gasteiger partial charge < -0.3 is 31.3 Å². The molecule has 16 heavy (non-hydrogen) atoms. The van der Waals surface area contributed by atoms with Gasteiger partial charge in [0.25, 0.3) is 0 Å². The summed E-state index contributed by atoms with van der Waals surface area (Å²) in [5.74, 6) is -2.20. The summed E-state index contributed by atoms with van der Waals surface area (Å²) in [6.07, 6.45) is -1.18. The van der Waals surface area contributed by atoms with Gasteiger partial charge >= 0.3 is 11.9 Å². The molecule has 7 N–H and O–H groups in total. The lowest BCUT2D eigenvalue weighted by Gasteiger charge is -2.01. The highest BCUT2D eigenvalue weighted by Gasteiger charge is 2.12. The molecule has 0 aliphatic carbocycles. The quantitative estimate of drug-likeness (QED) is 0.299. The van der Waals surface area contributed by atoms with Crippen LogP contribution in [0, 0.1) is 0 Å². The molecule has 0 aromatic rings. The molecule has 0 aromatic heterocycles. The molecular formula is C8H17NO7. The van der Waals surface area contributed by atoms with Gasteiger partial charge in [-0.25, -0.2) is 0 Å². The minimum absolute atomic E-state index is 0.0231. The van der Waals surface area contributed by atoms with E-state index in [0.29, 0.717) is 0 Å². The van der Waals surface area contributed by atoms with E-state index < -0.39 is 24.1 Å². The number of hydrogen-bond donors (Lipinski definition) is 6. The van der Waals surface area contributed by atoms with Crippen LogP contribution < -0.4 is 5.73 Å². The topological polar surface area (TPSA) is 161 Å². The molecular weight excluding hydrogens is 222 g/mol. The zero-order chi connectivity index (χ0) is 13.1. The van der Waals surface area contributed by atoms with Crippen LogP contribution in [0.1, 0.15) is 12.8 Å². The van der Waals surface area contributed by atoms with Crippen molar-refractivity contribution in [2.45, 2.75) is 25.0 Å². The maximum absolute atomic E-state index is 9.99. The van der Waals surface area contributed by atoms with E-state index in [1.165, 1.54) is 0 Å². The molecule has 96 valence electrons. The number of nitrogens with two attached hydrogens (primary N) is 1. The summed E-state index contributed by atoms with van der Waals surface area (Å²) in [4.78, 5) is 19.9. The predicted octanol–water partition coefficient (Wildman–Crippen LogP) is -2.40. The average molecular weight is 239 g/mol. The second-order valence-corrected chi connectivity index (χ2v) is 2.90. The molecule has 0 heterocycles. The highest BCUT2D eigenvalue weighted by molar-refractivity contribution is 5.74. The Balaban J connectivity index is 0. The maximum atomic E-state index is 9.99. The first kappa shape index (κ1) is 17.2.